The van der Waals surface area contributed by atoms with Crippen LogP contribution in [-0.2, 0) is 27.1 Å². The topological polar surface area (TPSA) is 94.6 Å². The van der Waals surface area contributed by atoms with Gasteiger partial charge in [0.15, 0.2) is 6.61 Å². The van der Waals surface area contributed by atoms with Gasteiger partial charge < -0.3 is 14.8 Å². The summed E-state index contributed by atoms with van der Waals surface area (Å²) in [5, 5.41) is 3.98. The number of aromatic nitrogens is 1. The zero-order valence-electron chi connectivity index (χ0n) is 23.0. The first kappa shape index (κ1) is 28.0. The smallest absolute Gasteiger partial charge is 0.341 e. The molecule has 0 spiro atoms. The number of hydrogen-bond acceptors (Lipinski definition) is 8. The second kappa shape index (κ2) is 11.5. The SMILES string of the molecule is CCOC(=O)c1c(NC(=O)COC(=O)c2ccccc2-c2nc3ccccc3s2)sc2c1CCC(C(C)(C)C)C2. The Bertz CT molecular complexity index is 1550. The minimum Gasteiger partial charge on any atom is -0.462 e. The van der Waals surface area contributed by atoms with Gasteiger partial charge in [-0.3, -0.25) is 4.79 Å². The minimum atomic E-state index is -0.617. The number of ether oxygens (including phenoxy) is 2. The summed E-state index contributed by atoms with van der Waals surface area (Å²) in [5.41, 5.74) is 3.37. The summed E-state index contributed by atoms with van der Waals surface area (Å²) in [6.07, 6.45) is 2.58. The van der Waals surface area contributed by atoms with E-state index in [2.05, 4.69) is 31.1 Å². The predicted octanol–water partition coefficient (Wildman–Crippen LogP) is 7.15. The lowest BCUT2D eigenvalue weighted by Gasteiger charge is -2.33. The van der Waals surface area contributed by atoms with Crippen LogP contribution < -0.4 is 5.32 Å². The summed E-state index contributed by atoms with van der Waals surface area (Å²) < 4.78 is 11.8. The maximum atomic E-state index is 13.1. The summed E-state index contributed by atoms with van der Waals surface area (Å²) in [4.78, 5) is 44.7. The van der Waals surface area contributed by atoms with Gasteiger partial charge in [0.2, 0.25) is 0 Å². The molecule has 1 aliphatic carbocycles. The Hall–Kier alpha value is -3.56. The first-order valence-electron chi connectivity index (χ1n) is 13.4. The normalized spacial score (nSPS) is 14.9. The summed E-state index contributed by atoms with van der Waals surface area (Å²) >= 11 is 2.91. The van der Waals surface area contributed by atoms with Gasteiger partial charge in [-0.05, 0) is 61.3 Å². The number of thiophene rings is 1. The van der Waals surface area contributed by atoms with Crippen molar-refractivity contribution in [3.8, 4) is 10.6 Å². The molecule has 1 atom stereocenters. The van der Waals surface area contributed by atoms with Gasteiger partial charge in [0.1, 0.15) is 10.0 Å². The molecule has 5 rings (SSSR count). The van der Waals surface area contributed by atoms with Crippen LogP contribution in [0.15, 0.2) is 48.5 Å². The molecule has 7 nitrogen and oxygen atoms in total. The van der Waals surface area contributed by atoms with Crippen molar-refractivity contribution in [3.05, 3.63) is 70.1 Å². The van der Waals surface area contributed by atoms with Crippen molar-refractivity contribution < 1.29 is 23.9 Å². The van der Waals surface area contributed by atoms with Crippen LogP contribution in [0, 0.1) is 11.3 Å². The van der Waals surface area contributed by atoms with E-state index in [1.165, 1.54) is 22.7 Å². The van der Waals surface area contributed by atoms with Gasteiger partial charge in [0.25, 0.3) is 5.91 Å². The third-order valence-corrected chi connectivity index (χ3v) is 9.47. The fraction of sp³-hybridized carbons (Fsp3) is 0.355. The Kier molecular flexibility index (Phi) is 8.05. The number of esters is 2. The van der Waals surface area contributed by atoms with Gasteiger partial charge in [-0.15, -0.1) is 22.7 Å². The molecule has 208 valence electrons. The van der Waals surface area contributed by atoms with Crippen LogP contribution in [0.4, 0.5) is 5.00 Å². The van der Waals surface area contributed by atoms with Crippen LogP contribution in [0.25, 0.3) is 20.8 Å². The number of carbonyl (C=O) groups excluding carboxylic acids is 3. The van der Waals surface area contributed by atoms with Crippen LogP contribution in [0.1, 0.15) is 65.3 Å². The number of carbonyl (C=O) groups is 3. The number of benzene rings is 2. The van der Waals surface area contributed by atoms with Crippen molar-refractivity contribution in [3.63, 3.8) is 0 Å². The zero-order chi connectivity index (χ0) is 28.4. The number of amides is 1. The highest BCUT2D eigenvalue weighted by atomic mass is 32.1. The van der Waals surface area contributed by atoms with Crippen molar-refractivity contribution >= 4 is 55.7 Å². The molecule has 9 heteroatoms. The van der Waals surface area contributed by atoms with E-state index in [1.54, 1.807) is 19.1 Å². The quantitative estimate of drug-likeness (QED) is 0.235. The fourth-order valence-electron chi connectivity index (χ4n) is 5.04. The molecule has 0 aliphatic heterocycles. The summed E-state index contributed by atoms with van der Waals surface area (Å²) in [5.74, 6) is -1.09. The number of anilines is 1. The molecule has 1 aliphatic rings. The molecule has 40 heavy (non-hydrogen) atoms. The number of rotatable bonds is 7. The summed E-state index contributed by atoms with van der Waals surface area (Å²) in [7, 11) is 0. The Morgan fingerprint density at radius 1 is 1.00 bits per heavy atom. The van der Waals surface area contributed by atoms with E-state index in [-0.39, 0.29) is 12.0 Å². The first-order valence-corrected chi connectivity index (χ1v) is 15.0. The van der Waals surface area contributed by atoms with E-state index >= 15 is 0 Å². The first-order chi connectivity index (χ1) is 19.2. The maximum absolute atomic E-state index is 13.1. The number of fused-ring (bicyclic) bond motifs is 2. The molecular weight excluding hydrogens is 544 g/mol. The standard InChI is InChI=1S/C31H32N2O5S2/c1-5-37-30(36)26-21-15-14-18(31(2,3)4)16-24(21)40-28(26)33-25(34)17-38-29(35)20-11-7-6-10-19(20)27-32-22-12-8-9-13-23(22)39-27/h6-13,18H,5,14-17H2,1-4H3,(H,33,34). The second-order valence-electron chi connectivity index (χ2n) is 10.9. The lowest BCUT2D eigenvalue weighted by molar-refractivity contribution is -0.119. The molecular formula is C31H32N2O5S2. The van der Waals surface area contributed by atoms with E-state index in [4.69, 9.17) is 9.47 Å². The van der Waals surface area contributed by atoms with Crippen molar-refractivity contribution in [1.29, 1.82) is 0 Å². The van der Waals surface area contributed by atoms with Crippen molar-refractivity contribution in [2.45, 2.75) is 47.0 Å². The van der Waals surface area contributed by atoms with Crippen molar-refractivity contribution in [1.82, 2.24) is 4.98 Å². The number of nitrogens with one attached hydrogen (secondary N) is 1. The van der Waals surface area contributed by atoms with Crippen LogP contribution in [0.5, 0.6) is 0 Å². The van der Waals surface area contributed by atoms with E-state index < -0.39 is 24.5 Å². The molecule has 2 aromatic carbocycles. The van der Waals surface area contributed by atoms with Gasteiger partial charge in [-0.1, -0.05) is 51.1 Å². The van der Waals surface area contributed by atoms with E-state index in [9.17, 15) is 14.4 Å². The molecule has 0 saturated heterocycles. The predicted molar refractivity (Wildman–Crippen MR) is 159 cm³/mol. The Labute approximate surface area is 241 Å². The van der Waals surface area contributed by atoms with Gasteiger partial charge in [0, 0.05) is 10.4 Å². The average Bonchev–Trinajstić information content (AvgIpc) is 3.52. The lowest BCUT2D eigenvalue weighted by Crippen LogP contribution is -2.26. The average molecular weight is 577 g/mol. The Balaban J connectivity index is 1.31. The van der Waals surface area contributed by atoms with Crippen LogP contribution in [-0.4, -0.2) is 36.0 Å². The summed E-state index contributed by atoms with van der Waals surface area (Å²) in [6.45, 7) is 8.21. The highest BCUT2D eigenvalue weighted by molar-refractivity contribution is 7.21. The largest absolute Gasteiger partial charge is 0.462 e. The third-order valence-electron chi connectivity index (χ3n) is 7.23. The van der Waals surface area contributed by atoms with Gasteiger partial charge in [-0.2, -0.15) is 0 Å². The number of hydrogen-bond donors (Lipinski definition) is 1. The van der Waals surface area contributed by atoms with Gasteiger partial charge in [0.05, 0.1) is 28.0 Å². The molecule has 2 heterocycles. The monoisotopic (exact) mass is 576 g/mol. The molecule has 1 N–H and O–H groups in total. The van der Waals surface area contributed by atoms with Crippen molar-refractivity contribution in [2.75, 3.05) is 18.5 Å². The highest BCUT2D eigenvalue weighted by Crippen LogP contribution is 2.44. The molecule has 0 saturated carbocycles. The lowest BCUT2D eigenvalue weighted by atomic mass is 9.72. The molecule has 0 radical (unpaired) electrons. The van der Waals surface area contributed by atoms with Crippen LogP contribution in [0.3, 0.4) is 0 Å². The van der Waals surface area contributed by atoms with Crippen LogP contribution in [0.2, 0.25) is 0 Å². The zero-order valence-corrected chi connectivity index (χ0v) is 24.7. The number of thiazole rings is 1. The third kappa shape index (κ3) is 5.81. The highest BCUT2D eigenvalue weighted by Gasteiger charge is 2.34. The van der Waals surface area contributed by atoms with Crippen molar-refractivity contribution in [2.24, 2.45) is 11.3 Å². The fourth-order valence-corrected chi connectivity index (χ4v) is 7.38. The Morgan fingerprint density at radius 3 is 2.50 bits per heavy atom. The molecule has 1 unspecified atom stereocenters. The van der Waals surface area contributed by atoms with E-state index in [1.807, 2.05) is 36.4 Å². The number of para-hydroxylation sites is 1. The maximum Gasteiger partial charge on any atom is 0.341 e. The van der Waals surface area contributed by atoms with Gasteiger partial charge in [-0.25, -0.2) is 14.6 Å². The van der Waals surface area contributed by atoms with Crippen LogP contribution >= 0.6 is 22.7 Å². The minimum absolute atomic E-state index is 0.144. The van der Waals surface area contributed by atoms with E-state index in [0.29, 0.717) is 32.6 Å². The second-order valence-corrected chi connectivity index (χ2v) is 13.0. The Morgan fingerprint density at radius 2 is 1.75 bits per heavy atom. The van der Waals surface area contributed by atoms with E-state index in [0.717, 1.165) is 39.9 Å². The number of nitrogens with zero attached hydrogens (tertiary/aromatic N) is 1. The van der Waals surface area contributed by atoms with Gasteiger partial charge >= 0.3 is 11.9 Å². The molecule has 2 aromatic heterocycles. The summed E-state index contributed by atoms with van der Waals surface area (Å²) in [6, 6.07) is 14.9. The molecule has 0 fully saturated rings. The molecule has 0 bridgehead atoms. The molecule has 1 amide bonds. The molecule has 4 aromatic rings.